The zero-order valence-corrected chi connectivity index (χ0v) is 16.5. The molecule has 1 aliphatic heterocycles. The largest absolute Gasteiger partial charge is 0.489 e. The number of nitrogens with one attached hydrogen (secondary N) is 2. The topological polar surface area (TPSA) is 100 Å². The highest BCUT2D eigenvalue weighted by atomic mass is 19.4. The van der Waals surface area contributed by atoms with Crippen molar-refractivity contribution in [1.29, 1.82) is 0 Å². The number of carbonyl (C=O) groups is 2. The van der Waals surface area contributed by atoms with E-state index in [1.54, 1.807) is 31.3 Å². The molecule has 8 nitrogen and oxygen atoms in total. The number of para-hydroxylation sites is 2. The molecule has 0 bridgehead atoms. The van der Waals surface area contributed by atoms with Gasteiger partial charge < -0.3 is 15.0 Å². The second-order valence-electron chi connectivity index (χ2n) is 7.20. The predicted octanol–water partition coefficient (Wildman–Crippen LogP) is 2.78. The highest BCUT2D eigenvalue weighted by molar-refractivity contribution is 6.07. The fourth-order valence-corrected chi connectivity index (χ4v) is 3.30. The molecule has 0 radical (unpaired) electrons. The summed E-state index contributed by atoms with van der Waals surface area (Å²) >= 11 is 0. The molecule has 0 saturated heterocycles. The highest BCUT2D eigenvalue weighted by Gasteiger charge is 2.38. The third-order valence-corrected chi connectivity index (χ3v) is 5.21. The van der Waals surface area contributed by atoms with Crippen LogP contribution in [0.3, 0.4) is 0 Å². The minimum absolute atomic E-state index is 0.0977. The van der Waals surface area contributed by atoms with Gasteiger partial charge in [-0.15, -0.1) is 0 Å². The first-order valence-corrected chi connectivity index (χ1v) is 9.38. The third-order valence-electron chi connectivity index (χ3n) is 5.21. The molecule has 0 fully saturated rings. The van der Waals surface area contributed by atoms with Gasteiger partial charge in [-0.3, -0.25) is 14.7 Å². The maximum Gasteiger partial charge on any atom is 0.395 e. The lowest BCUT2D eigenvalue weighted by molar-refractivity contribution is -0.146. The third kappa shape index (κ3) is 3.78. The van der Waals surface area contributed by atoms with Crippen LogP contribution >= 0.6 is 0 Å². The standard InChI is InChI=1S/C20H18F3N5O3/c1-10(20(21,22)23)11-7-12-16(26-27-17(12)24-8-11)18(29)25-13-9-31-15-6-4-3-5-14(15)28(2)19(13)30/h3-8,10,13H,9H2,1-2H3,(H,25,29)(H,24,26,27)/t10?,13-/m0/s1. The Bertz CT molecular complexity index is 1160. The van der Waals surface area contributed by atoms with Gasteiger partial charge in [0.2, 0.25) is 0 Å². The number of carbonyl (C=O) groups excluding carboxylic acids is 2. The molecular formula is C20H18F3N5O3. The lowest BCUT2D eigenvalue weighted by Crippen LogP contribution is -2.49. The minimum atomic E-state index is -4.45. The van der Waals surface area contributed by atoms with Gasteiger partial charge in [-0.2, -0.15) is 18.3 Å². The minimum Gasteiger partial charge on any atom is -0.489 e. The Hall–Kier alpha value is -3.63. The number of pyridine rings is 1. The Morgan fingerprint density at radius 2 is 2.10 bits per heavy atom. The average Bonchev–Trinajstić information content (AvgIpc) is 3.13. The van der Waals surface area contributed by atoms with Crippen LogP contribution in [0.1, 0.15) is 28.9 Å². The van der Waals surface area contributed by atoms with Gasteiger partial charge in [-0.25, -0.2) is 4.98 Å². The Kier molecular flexibility index (Phi) is 5.03. The number of rotatable bonds is 3. The quantitative estimate of drug-likeness (QED) is 0.662. The normalized spacial score (nSPS) is 17.6. The number of amides is 2. The van der Waals surface area contributed by atoms with Crippen LogP contribution in [0.4, 0.5) is 18.9 Å². The van der Waals surface area contributed by atoms with Crippen molar-refractivity contribution < 1.29 is 27.5 Å². The first kappa shape index (κ1) is 20.6. The lowest BCUT2D eigenvalue weighted by Gasteiger charge is -2.20. The van der Waals surface area contributed by atoms with Crippen LogP contribution in [0.15, 0.2) is 36.5 Å². The van der Waals surface area contributed by atoms with Crippen molar-refractivity contribution >= 4 is 28.5 Å². The number of aromatic nitrogens is 3. The van der Waals surface area contributed by atoms with Crippen LogP contribution in [-0.4, -0.2) is 52.9 Å². The summed E-state index contributed by atoms with van der Waals surface area (Å²) in [4.78, 5) is 30.9. The van der Waals surface area contributed by atoms with Gasteiger partial charge in [-0.1, -0.05) is 12.1 Å². The number of benzene rings is 1. The number of nitrogens with zero attached hydrogens (tertiary/aromatic N) is 3. The van der Waals surface area contributed by atoms with E-state index in [-0.39, 0.29) is 28.9 Å². The number of ether oxygens (including phenoxy) is 1. The van der Waals surface area contributed by atoms with Crippen molar-refractivity contribution in [1.82, 2.24) is 20.5 Å². The van der Waals surface area contributed by atoms with Crippen molar-refractivity contribution in [2.45, 2.75) is 25.1 Å². The predicted molar refractivity (Wildman–Crippen MR) is 105 cm³/mol. The summed E-state index contributed by atoms with van der Waals surface area (Å²) in [5.74, 6) is -2.40. The summed E-state index contributed by atoms with van der Waals surface area (Å²) in [5.41, 5.74) is 0.469. The van der Waals surface area contributed by atoms with Crippen LogP contribution in [-0.2, 0) is 4.79 Å². The fraction of sp³-hybridized carbons (Fsp3) is 0.300. The number of halogens is 3. The van der Waals surface area contributed by atoms with Crippen molar-refractivity contribution in [3.8, 4) is 5.75 Å². The molecule has 11 heteroatoms. The van der Waals surface area contributed by atoms with Gasteiger partial charge in [-0.05, 0) is 30.7 Å². The number of H-pyrrole nitrogens is 1. The summed E-state index contributed by atoms with van der Waals surface area (Å²) in [6.45, 7) is 0.903. The molecule has 1 aromatic carbocycles. The molecule has 31 heavy (non-hydrogen) atoms. The van der Waals surface area contributed by atoms with Crippen LogP contribution in [0.5, 0.6) is 5.75 Å². The molecule has 4 rings (SSSR count). The molecule has 2 amide bonds. The van der Waals surface area contributed by atoms with Crippen molar-refractivity contribution in [3.63, 3.8) is 0 Å². The average molecular weight is 433 g/mol. The molecule has 0 saturated carbocycles. The van der Waals surface area contributed by atoms with Crippen molar-refractivity contribution in [3.05, 3.63) is 47.8 Å². The van der Waals surface area contributed by atoms with Crippen LogP contribution in [0, 0.1) is 0 Å². The first-order chi connectivity index (χ1) is 14.7. The lowest BCUT2D eigenvalue weighted by atomic mass is 10.0. The number of alkyl halides is 3. The molecule has 162 valence electrons. The molecule has 2 aromatic heterocycles. The first-order valence-electron chi connectivity index (χ1n) is 9.38. The highest BCUT2D eigenvalue weighted by Crippen LogP contribution is 2.35. The number of hydrogen-bond acceptors (Lipinski definition) is 5. The Morgan fingerprint density at radius 3 is 2.84 bits per heavy atom. The summed E-state index contributed by atoms with van der Waals surface area (Å²) in [6.07, 6.45) is -3.36. The zero-order chi connectivity index (χ0) is 22.3. The zero-order valence-electron chi connectivity index (χ0n) is 16.5. The SMILES string of the molecule is CC(c1cnc2[nH]nc(C(=O)N[C@H]3COc4ccccc4N(C)C3=O)c2c1)C(F)(F)F. The molecule has 3 aromatic rings. The van der Waals surface area contributed by atoms with E-state index in [4.69, 9.17) is 4.74 Å². The number of fused-ring (bicyclic) bond motifs is 2. The van der Waals surface area contributed by atoms with Gasteiger partial charge in [0.15, 0.2) is 11.3 Å². The van der Waals surface area contributed by atoms with Crippen molar-refractivity contribution in [2.24, 2.45) is 0 Å². The summed E-state index contributed by atoms with van der Waals surface area (Å²) < 4.78 is 44.9. The van der Waals surface area contributed by atoms with E-state index in [0.29, 0.717) is 11.4 Å². The monoisotopic (exact) mass is 433 g/mol. The molecular weight excluding hydrogens is 415 g/mol. The number of likely N-dealkylation sites (N-methyl/N-ethyl adjacent to an activating group) is 1. The molecule has 3 heterocycles. The van der Waals surface area contributed by atoms with Gasteiger partial charge in [0.1, 0.15) is 18.4 Å². The van der Waals surface area contributed by atoms with E-state index in [1.165, 1.54) is 11.0 Å². The smallest absolute Gasteiger partial charge is 0.395 e. The van der Waals surface area contributed by atoms with E-state index in [0.717, 1.165) is 13.1 Å². The maximum atomic E-state index is 13.1. The van der Waals surface area contributed by atoms with Gasteiger partial charge in [0.05, 0.1) is 17.0 Å². The summed E-state index contributed by atoms with van der Waals surface area (Å²) in [5, 5.41) is 9.10. The molecule has 1 unspecified atom stereocenters. The van der Waals surface area contributed by atoms with Crippen LogP contribution in [0.2, 0.25) is 0 Å². The van der Waals surface area contributed by atoms with Crippen LogP contribution in [0.25, 0.3) is 11.0 Å². The van der Waals surface area contributed by atoms with Crippen LogP contribution < -0.4 is 15.0 Å². The van der Waals surface area contributed by atoms with E-state index >= 15 is 0 Å². The fourth-order valence-electron chi connectivity index (χ4n) is 3.30. The summed E-state index contributed by atoms with van der Waals surface area (Å²) in [7, 11) is 1.56. The van der Waals surface area contributed by atoms with E-state index in [9.17, 15) is 22.8 Å². The van der Waals surface area contributed by atoms with Gasteiger partial charge >= 0.3 is 6.18 Å². The molecule has 0 aliphatic carbocycles. The number of anilines is 1. The molecule has 1 aliphatic rings. The van der Waals surface area contributed by atoms with Gasteiger partial charge in [0, 0.05) is 13.2 Å². The maximum absolute atomic E-state index is 13.1. The number of aromatic amines is 1. The van der Waals surface area contributed by atoms with E-state index < -0.39 is 30.0 Å². The molecule has 2 N–H and O–H groups in total. The molecule has 0 spiro atoms. The Labute approximate surface area is 174 Å². The van der Waals surface area contributed by atoms with E-state index in [2.05, 4.69) is 20.5 Å². The summed E-state index contributed by atoms with van der Waals surface area (Å²) in [6, 6.07) is 7.16. The Morgan fingerprint density at radius 1 is 1.35 bits per heavy atom. The van der Waals surface area contributed by atoms with Crippen molar-refractivity contribution in [2.75, 3.05) is 18.6 Å². The second kappa shape index (κ2) is 7.56. The number of hydrogen-bond donors (Lipinski definition) is 2. The molecule has 2 atom stereocenters. The van der Waals surface area contributed by atoms with Gasteiger partial charge in [0.25, 0.3) is 11.8 Å². The Balaban J connectivity index is 1.59. The van der Waals surface area contributed by atoms with E-state index in [1.807, 2.05) is 0 Å². The second-order valence-corrected chi connectivity index (χ2v) is 7.20.